The average Bonchev–Trinajstić information content (AvgIpc) is 3.08. The van der Waals surface area contributed by atoms with Gasteiger partial charge in [0.15, 0.2) is 0 Å². The molecule has 0 spiro atoms. The SMILES string of the molecule is CC[C@]1(C)Cc2c(c(N3CCOCC3)nc3sc4c(=O)[nH]cnc4c23)CO1. The zero-order chi connectivity index (χ0) is 18.6. The van der Waals surface area contributed by atoms with Crippen LogP contribution in [0.3, 0.4) is 0 Å². The van der Waals surface area contributed by atoms with Gasteiger partial charge in [0.05, 0.1) is 37.3 Å². The summed E-state index contributed by atoms with van der Waals surface area (Å²) in [7, 11) is 0. The number of anilines is 1. The Hall–Kier alpha value is -2.03. The van der Waals surface area contributed by atoms with E-state index in [0.29, 0.717) is 24.5 Å². The van der Waals surface area contributed by atoms with Crippen LogP contribution in [-0.4, -0.2) is 46.9 Å². The first-order chi connectivity index (χ1) is 13.1. The third kappa shape index (κ3) is 2.66. The fourth-order valence-corrected chi connectivity index (χ4v) is 5.04. The number of hydrogen-bond acceptors (Lipinski definition) is 7. The molecule has 5 heterocycles. The van der Waals surface area contributed by atoms with E-state index >= 15 is 0 Å². The molecule has 3 aromatic rings. The highest BCUT2D eigenvalue weighted by atomic mass is 32.1. The molecule has 1 N–H and O–H groups in total. The topological polar surface area (TPSA) is 80.3 Å². The Morgan fingerprint density at radius 2 is 2.15 bits per heavy atom. The molecule has 0 radical (unpaired) electrons. The number of pyridine rings is 1. The van der Waals surface area contributed by atoms with Crippen LogP contribution in [-0.2, 0) is 22.5 Å². The lowest BCUT2D eigenvalue weighted by atomic mass is 9.87. The van der Waals surface area contributed by atoms with Gasteiger partial charge in [-0.15, -0.1) is 11.3 Å². The highest BCUT2D eigenvalue weighted by Gasteiger charge is 2.35. The normalized spacial score (nSPS) is 23.1. The van der Waals surface area contributed by atoms with Crippen LogP contribution >= 0.6 is 11.3 Å². The summed E-state index contributed by atoms with van der Waals surface area (Å²) in [6, 6.07) is 0. The Bertz CT molecular complexity index is 1090. The molecule has 3 aromatic heterocycles. The number of aromatic amines is 1. The van der Waals surface area contributed by atoms with Crippen molar-refractivity contribution in [2.45, 2.75) is 38.9 Å². The number of thiophene rings is 1. The molecule has 0 aromatic carbocycles. The predicted molar refractivity (Wildman–Crippen MR) is 106 cm³/mol. The Morgan fingerprint density at radius 1 is 1.33 bits per heavy atom. The van der Waals surface area contributed by atoms with Crippen molar-refractivity contribution in [2.75, 3.05) is 31.2 Å². The second-order valence-electron chi connectivity index (χ2n) is 7.45. The standard InChI is InChI=1S/C19H22N4O3S/c1-3-19(2)8-11-12(9-26-19)16(23-4-6-25-7-5-23)22-18-13(11)14-15(27-18)17(24)21-10-20-14/h10H,3-9H2,1-2H3,(H,20,21,24)/t19-/m1/s1. The van der Waals surface area contributed by atoms with Crippen molar-refractivity contribution >= 4 is 37.6 Å². The average molecular weight is 386 g/mol. The van der Waals surface area contributed by atoms with Gasteiger partial charge < -0.3 is 19.4 Å². The smallest absolute Gasteiger partial charge is 0.268 e. The van der Waals surface area contributed by atoms with E-state index in [0.717, 1.165) is 53.0 Å². The summed E-state index contributed by atoms with van der Waals surface area (Å²) in [6.07, 6.45) is 3.21. The first-order valence-electron chi connectivity index (χ1n) is 9.38. The van der Waals surface area contributed by atoms with Gasteiger partial charge in [0.2, 0.25) is 0 Å². The number of morpholine rings is 1. The van der Waals surface area contributed by atoms with E-state index in [2.05, 4.69) is 28.7 Å². The van der Waals surface area contributed by atoms with Crippen LogP contribution in [0.25, 0.3) is 20.4 Å². The van der Waals surface area contributed by atoms with Gasteiger partial charge in [-0.1, -0.05) is 6.92 Å². The predicted octanol–water partition coefficient (Wildman–Crippen LogP) is 2.61. The lowest BCUT2D eigenvalue weighted by Gasteiger charge is -2.37. The van der Waals surface area contributed by atoms with E-state index < -0.39 is 0 Å². The Morgan fingerprint density at radius 3 is 2.93 bits per heavy atom. The molecule has 1 atom stereocenters. The summed E-state index contributed by atoms with van der Waals surface area (Å²) < 4.78 is 12.4. The molecular formula is C19H22N4O3S. The zero-order valence-corrected chi connectivity index (χ0v) is 16.3. The maximum absolute atomic E-state index is 12.3. The maximum atomic E-state index is 12.3. The number of H-pyrrole nitrogens is 1. The maximum Gasteiger partial charge on any atom is 0.268 e. The Kier molecular flexibility index (Phi) is 3.96. The molecule has 2 aliphatic heterocycles. The largest absolute Gasteiger partial charge is 0.378 e. The molecule has 0 aliphatic carbocycles. The second kappa shape index (κ2) is 6.25. The summed E-state index contributed by atoms with van der Waals surface area (Å²) in [5.74, 6) is 0.974. The molecular weight excluding hydrogens is 364 g/mol. The van der Waals surface area contributed by atoms with Crippen LogP contribution in [0.4, 0.5) is 5.82 Å². The monoisotopic (exact) mass is 386 g/mol. The molecule has 1 saturated heterocycles. The number of nitrogens with zero attached hydrogens (tertiary/aromatic N) is 3. The first kappa shape index (κ1) is 17.1. The molecule has 2 aliphatic rings. The van der Waals surface area contributed by atoms with Gasteiger partial charge in [-0.2, -0.15) is 0 Å². The van der Waals surface area contributed by atoms with Gasteiger partial charge in [-0.25, -0.2) is 9.97 Å². The van der Waals surface area contributed by atoms with Crippen LogP contribution in [0.2, 0.25) is 0 Å². The number of aromatic nitrogens is 3. The van der Waals surface area contributed by atoms with Gasteiger partial charge >= 0.3 is 0 Å². The first-order valence-corrected chi connectivity index (χ1v) is 10.2. The quantitative estimate of drug-likeness (QED) is 0.729. The van der Waals surface area contributed by atoms with Crippen molar-refractivity contribution < 1.29 is 9.47 Å². The molecule has 0 saturated carbocycles. The van der Waals surface area contributed by atoms with E-state index in [9.17, 15) is 4.79 Å². The number of rotatable bonds is 2. The Labute approximate surface area is 160 Å². The molecule has 27 heavy (non-hydrogen) atoms. The summed E-state index contributed by atoms with van der Waals surface area (Å²) in [6.45, 7) is 7.90. The highest BCUT2D eigenvalue weighted by Crippen LogP contribution is 2.42. The van der Waals surface area contributed by atoms with Crippen molar-refractivity contribution in [3.8, 4) is 0 Å². The Balaban J connectivity index is 1.82. The molecule has 7 nitrogen and oxygen atoms in total. The summed E-state index contributed by atoms with van der Waals surface area (Å²) >= 11 is 1.43. The lowest BCUT2D eigenvalue weighted by molar-refractivity contribution is -0.0558. The van der Waals surface area contributed by atoms with Gasteiger partial charge in [0.25, 0.3) is 5.56 Å². The van der Waals surface area contributed by atoms with Crippen LogP contribution in [0.1, 0.15) is 31.4 Å². The lowest BCUT2D eigenvalue weighted by Crippen LogP contribution is -2.40. The number of ether oxygens (including phenoxy) is 2. The molecule has 0 amide bonds. The number of fused-ring (bicyclic) bond motifs is 5. The summed E-state index contributed by atoms with van der Waals surface area (Å²) in [4.78, 5) is 27.6. The van der Waals surface area contributed by atoms with Gasteiger partial charge in [0.1, 0.15) is 15.3 Å². The fourth-order valence-electron chi connectivity index (χ4n) is 3.99. The molecule has 0 bridgehead atoms. The fraction of sp³-hybridized carbons (Fsp3) is 0.526. The van der Waals surface area contributed by atoms with E-state index in [4.69, 9.17) is 14.5 Å². The van der Waals surface area contributed by atoms with E-state index in [-0.39, 0.29) is 11.2 Å². The van der Waals surface area contributed by atoms with Crippen molar-refractivity contribution in [2.24, 2.45) is 0 Å². The van der Waals surface area contributed by atoms with Crippen LogP contribution in [0.15, 0.2) is 11.1 Å². The highest BCUT2D eigenvalue weighted by molar-refractivity contribution is 7.25. The molecule has 1 fully saturated rings. The zero-order valence-electron chi connectivity index (χ0n) is 15.5. The van der Waals surface area contributed by atoms with Crippen molar-refractivity contribution in [3.05, 3.63) is 27.8 Å². The molecule has 142 valence electrons. The van der Waals surface area contributed by atoms with Crippen molar-refractivity contribution in [3.63, 3.8) is 0 Å². The number of nitrogens with one attached hydrogen (secondary N) is 1. The second-order valence-corrected chi connectivity index (χ2v) is 8.45. The minimum absolute atomic E-state index is 0.102. The van der Waals surface area contributed by atoms with Gasteiger partial charge in [0, 0.05) is 30.5 Å². The molecule has 0 unspecified atom stereocenters. The van der Waals surface area contributed by atoms with Gasteiger partial charge in [-0.3, -0.25) is 4.79 Å². The van der Waals surface area contributed by atoms with Crippen molar-refractivity contribution in [1.82, 2.24) is 15.0 Å². The van der Waals surface area contributed by atoms with Crippen LogP contribution in [0, 0.1) is 0 Å². The van der Waals surface area contributed by atoms with Crippen molar-refractivity contribution in [1.29, 1.82) is 0 Å². The minimum Gasteiger partial charge on any atom is -0.378 e. The summed E-state index contributed by atoms with van der Waals surface area (Å²) in [5, 5.41) is 1.02. The third-order valence-electron chi connectivity index (χ3n) is 5.78. The van der Waals surface area contributed by atoms with E-state index in [1.807, 2.05) is 0 Å². The minimum atomic E-state index is -0.209. The van der Waals surface area contributed by atoms with Crippen LogP contribution in [0.5, 0.6) is 0 Å². The number of hydrogen-bond donors (Lipinski definition) is 1. The van der Waals surface area contributed by atoms with E-state index in [1.165, 1.54) is 23.2 Å². The third-order valence-corrected chi connectivity index (χ3v) is 6.85. The van der Waals surface area contributed by atoms with Crippen LogP contribution < -0.4 is 10.5 Å². The van der Waals surface area contributed by atoms with E-state index in [1.54, 1.807) is 0 Å². The molecule has 5 rings (SSSR count). The molecule has 8 heteroatoms. The van der Waals surface area contributed by atoms with Gasteiger partial charge in [-0.05, 0) is 18.9 Å². The summed E-state index contributed by atoms with van der Waals surface area (Å²) in [5.41, 5.74) is 2.82.